The first kappa shape index (κ1) is 14.1. The summed E-state index contributed by atoms with van der Waals surface area (Å²) in [5, 5.41) is 0. The Balaban J connectivity index is 2.16. The van der Waals surface area contributed by atoms with Crippen molar-refractivity contribution in [2.75, 3.05) is 7.11 Å². The molecule has 0 aliphatic heterocycles. The zero-order valence-electron chi connectivity index (χ0n) is 11.8. The summed E-state index contributed by atoms with van der Waals surface area (Å²) in [6.45, 7) is 4.26. The minimum absolute atomic E-state index is 0.345. The van der Waals surface area contributed by atoms with Gasteiger partial charge in [-0.05, 0) is 43.2 Å². The van der Waals surface area contributed by atoms with E-state index in [9.17, 15) is 0 Å². The third-order valence-electron chi connectivity index (χ3n) is 3.36. The van der Waals surface area contributed by atoms with Gasteiger partial charge in [0.25, 0.3) is 0 Å². The molecular formula is C16H21NOS. The van der Waals surface area contributed by atoms with E-state index in [1.165, 1.54) is 9.75 Å². The number of rotatable bonds is 5. The summed E-state index contributed by atoms with van der Waals surface area (Å²) in [4.78, 5) is 2.76. The van der Waals surface area contributed by atoms with Crippen molar-refractivity contribution < 1.29 is 4.74 Å². The van der Waals surface area contributed by atoms with E-state index in [0.29, 0.717) is 0 Å². The van der Waals surface area contributed by atoms with Crippen LogP contribution in [0.1, 0.15) is 29.2 Å². The first-order valence-electron chi connectivity index (χ1n) is 6.56. The summed E-state index contributed by atoms with van der Waals surface area (Å²) in [5.41, 5.74) is 7.27. The minimum Gasteiger partial charge on any atom is -0.497 e. The second kappa shape index (κ2) is 5.76. The van der Waals surface area contributed by atoms with Gasteiger partial charge in [0.05, 0.1) is 7.11 Å². The van der Waals surface area contributed by atoms with Crippen LogP contribution in [-0.4, -0.2) is 7.11 Å². The summed E-state index contributed by atoms with van der Waals surface area (Å²) >= 11 is 1.86. The molecule has 0 saturated carbocycles. The number of methoxy groups -OCH3 is 1. The van der Waals surface area contributed by atoms with Crippen LogP contribution in [-0.2, 0) is 18.4 Å². The fourth-order valence-electron chi connectivity index (χ4n) is 2.14. The normalized spacial score (nSPS) is 14.1. The third-order valence-corrected chi connectivity index (χ3v) is 4.59. The van der Waals surface area contributed by atoms with E-state index in [4.69, 9.17) is 10.5 Å². The molecule has 0 saturated heterocycles. The van der Waals surface area contributed by atoms with Gasteiger partial charge in [0.15, 0.2) is 0 Å². The lowest BCUT2D eigenvalue weighted by molar-refractivity contribution is 0.413. The highest BCUT2D eigenvalue weighted by molar-refractivity contribution is 7.12. The Hall–Kier alpha value is -1.32. The fourth-order valence-corrected chi connectivity index (χ4v) is 3.27. The van der Waals surface area contributed by atoms with E-state index in [2.05, 4.69) is 26.0 Å². The fraction of sp³-hybridized carbons (Fsp3) is 0.375. The Morgan fingerprint density at radius 2 is 1.74 bits per heavy atom. The van der Waals surface area contributed by atoms with Gasteiger partial charge in [0.1, 0.15) is 5.75 Å². The van der Waals surface area contributed by atoms with E-state index in [-0.39, 0.29) is 5.54 Å². The maximum Gasteiger partial charge on any atom is 0.118 e. The van der Waals surface area contributed by atoms with Crippen LogP contribution >= 0.6 is 11.3 Å². The van der Waals surface area contributed by atoms with Gasteiger partial charge in [-0.25, -0.2) is 0 Å². The monoisotopic (exact) mass is 275 g/mol. The lowest BCUT2D eigenvalue weighted by Crippen LogP contribution is -2.35. The molecule has 2 nitrogen and oxygen atoms in total. The Labute approximate surface area is 119 Å². The molecule has 19 heavy (non-hydrogen) atoms. The van der Waals surface area contributed by atoms with Crippen molar-refractivity contribution in [2.24, 2.45) is 5.73 Å². The van der Waals surface area contributed by atoms with Gasteiger partial charge in [-0.1, -0.05) is 19.1 Å². The summed E-state index contributed by atoms with van der Waals surface area (Å²) < 4.78 is 5.18. The molecule has 1 heterocycles. The molecule has 0 fully saturated rings. The first-order valence-corrected chi connectivity index (χ1v) is 7.38. The van der Waals surface area contributed by atoms with Gasteiger partial charge in [-0.15, -0.1) is 11.3 Å². The SMILES string of the molecule is CCc1ccc(CC(C)(N)c2ccc(OC)cc2)s1. The first-order chi connectivity index (χ1) is 9.05. The number of hydrogen-bond acceptors (Lipinski definition) is 3. The molecule has 102 valence electrons. The zero-order chi connectivity index (χ0) is 13.9. The highest BCUT2D eigenvalue weighted by Crippen LogP contribution is 2.28. The van der Waals surface area contributed by atoms with Crippen LogP contribution in [0, 0.1) is 0 Å². The van der Waals surface area contributed by atoms with E-state index < -0.39 is 0 Å². The van der Waals surface area contributed by atoms with Crippen LogP contribution in [0.3, 0.4) is 0 Å². The zero-order valence-corrected chi connectivity index (χ0v) is 12.6. The average molecular weight is 275 g/mol. The molecule has 3 heteroatoms. The summed E-state index contributed by atoms with van der Waals surface area (Å²) in [7, 11) is 1.68. The molecule has 1 aromatic heterocycles. The van der Waals surface area contributed by atoms with Crippen molar-refractivity contribution in [3.05, 3.63) is 51.7 Å². The van der Waals surface area contributed by atoms with Crippen LogP contribution in [0.25, 0.3) is 0 Å². The number of aryl methyl sites for hydroxylation is 1. The molecule has 0 bridgehead atoms. The Bertz CT molecular complexity index is 528. The predicted molar refractivity (Wildman–Crippen MR) is 81.9 cm³/mol. The minimum atomic E-state index is -0.345. The number of hydrogen-bond donors (Lipinski definition) is 1. The summed E-state index contributed by atoms with van der Waals surface area (Å²) in [5.74, 6) is 0.865. The van der Waals surface area contributed by atoms with Crippen molar-refractivity contribution >= 4 is 11.3 Å². The van der Waals surface area contributed by atoms with Crippen molar-refractivity contribution in [1.82, 2.24) is 0 Å². The van der Waals surface area contributed by atoms with Crippen LogP contribution < -0.4 is 10.5 Å². The Morgan fingerprint density at radius 3 is 2.26 bits per heavy atom. The smallest absolute Gasteiger partial charge is 0.118 e. The van der Waals surface area contributed by atoms with Crippen molar-refractivity contribution in [3.8, 4) is 5.75 Å². The second-order valence-corrected chi connectivity index (χ2v) is 6.30. The molecule has 0 aliphatic carbocycles. The van der Waals surface area contributed by atoms with Crippen LogP contribution in [0.2, 0.25) is 0 Å². The van der Waals surface area contributed by atoms with Crippen LogP contribution in [0.4, 0.5) is 0 Å². The molecule has 2 rings (SSSR count). The quantitative estimate of drug-likeness (QED) is 0.902. The van der Waals surface area contributed by atoms with Crippen molar-refractivity contribution in [1.29, 1.82) is 0 Å². The summed E-state index contributed by atoms with van der Waals surface area (Å²) in [6.07, 6.45) is 1.96. The van der Waals surface area contributed by atoms with E-state index in [1.807, 2.05) is 35.6 Å². The van der Waals surface area contributed by atoms with Gasteiger partial charge in [-0.3, -0.25) is 0 Å². The molecule has 1 unspecified atom stereocenters. The van der Waals surface area contributed by atoms with Gasteiger partial charge in [-0.2, -0.15) is 0 Å². The highest BCUT2D eigenvalue weighted by Gasteiger charge is 2.22. The van der Waals surface area contributed by atoms with E-state index in [0.717, 1.165) is 24.2 Å². The summed E-state index contributed by atoms with van der Waals surface area (Å²) in [6, 6.07) is 12.4. The largest absolute Gasteiger partial charge is 0.497 e. The van der Waals surface area contributed by atoms with E-state index in [1.54, 1.807) is 7.11 Å². The predicted octanol–water partition coefficient (Wildman–Crippen LogP) is 3.74. The van der Waals surface area contributed by atoms with E-state index >= 15 is 0 Å². The highest BCUT2D eigenvalue weighted by atomic mass is 32.1. The molecule has 0 aliphatic rings. The van der Waals surface area contributed by atoms with Gasteiger partial charge >= 0.3 is 0 Å². The Kier molecular flexibility index (Phi) is 4.27. The van der Waals surface area contributed by atoms with Gasteiger partial charge in [0.2, 0.25) is 0 Å². The third kappa shape index (κ3) is 3.37. The molecular weight excluding hydrogens is 254 g/mol. The number of benzene rings is 1. The molecule has 1 atom stereocenters. The molecule has 0 radical (unpaired) electrons. The van der Waals surface area contributed by atoms with Crippen molar-refractivity contribution in [2.45, 2.75) is 32.2 Å². The molecule has 0 amide bonds. The van der Waals surface area contributed by atoms with Gasteiger partial charge < -0.3 is 10.5 Å². The molecule has 1 aromatic carbocycles. The topological polar surface area (TPSA) is 35.2 Å². The standard InChI is InChI=1S/C16H21NOS/c1-4-14-9-10-15(19-14)11-16(2,17)12-5-7-13(18-3)8-6-12/h5-10H,4,11,17H2,1-3H3. The lowest BCUT2D eigenvalue weighted by atomic mass is 9.89. The number of thiophene rings is 1. The second-order valence-electron chi connectivity index (χ2n) is 5.04. The lowest BCUT2D eigenvalue weighted by Gasteiger charge is -2.25. The Morgan fingerprint density at radius 1 is 1.11 bits per heavy atom. The molecule has 2 aromatic rings. The molecule has 2 N–H and O–H groups in total. The average Bonchev–Trinajstić information content (AvgIpc) is 2.85. The number of nitrogens with two attached hydrogens (primary N) is 1. The maximum absolute atomic E-state index is 6.48. The van der Waals surface area contributed by atoms with Crippen LogP contribution in [0.5, 0.6) is 5.75 Å². The molecule has 0 spiro atoms. The maximum atomic E-state index is 6.48. The van der Waals surface area contributed by atoms with Crippen LogP contribution in [0.15, 0.2) is 36.4 Å². The van der Waals surface area contributed by atoms with Gasteiger partial charge in [0, 0.05) is 21.7 Å². The number of ether oxygens (including phenoxy) is 1. The van der Waals surface area contributed by atoms with Crippen molar-refractivity contribution in [3.63, 3.8) is 0 Å².